The molecule has 4 nitrogen and oxygen atoms in total. The third-order valence-corrected chi connectivity index (χ3v) is 5.52. The first-order valence-electron chi connectivity index (χ1n) is 8.17. The summed E-state index contributed by atoms with van der Waals surface area (Å²) in [4.78, 5) is 13.3. The lowest BCUT2D eigenvalue weighted by atomic mass is 10.2. The molecule has 0 spiro atoms. The maximum absolute atomic E-state index is 12.0. The smallest absolute Gasteiger partial charge is 0.226 e. The molecular weight excluding hydrogens is 296 g/mol. The van der Waals surface area contributed by atoms with Crippen molar-refractivity contribution in [1.29, 1.82) is 0 Å². The number of hydrogen-bond acceptors (Lipinski definition) is 4. The highest BCUT2D eigenvalue weighted by Crippen LogP contribution is 2.34. The van der Waals surface area contributed by atoms with Crippen molar-refractivity contribution in [2.24, 2.45) is 0 Å². The summed E-state index contributed by atoms with van der Waals surface area (Å²) < 4.78 is 5.37. The van der Waals surface area contributed by atoms with Crippen LogP contribution < -0.4 is 10.6 Å². The largest absolute Gasteiger partial charge is 0.378 e. The number of anilines is 1. The van der Waals surface area contributed by atoms with Gasteiger partial charge in [0.05, 0.1) is 13.2 Å². The van der Waals surface area contributed by atoms with Gasteiger partial charge in [-0.05, 0) is 37.1 Å². The number of ether oxygens (including phenoxy) is 1. The Hall–Kier alpha value is -1.04. The average molecular weight is 320 g/mol. The molecule has 1 atom stereocenters. The van der Waals surface area contributed by atoms with E-state index in [2.05, 4.69) is 22.8 Å². The van der Waals surface area contributed by atoms with Gasteiger partial charge in [0.2, 0.25) is 5.91 Å². The fraction of sp³-hybridized carbons (Fsp3) is 0.588. The summed E-state index contributed by atoms with van der Waals surface area (Å²) in [6, 6.07) is 8.35. The van der Waals surface area contributed by atoms with Gasteiger partial charge in [-0.1, -0.05) is 12.8 Å². The molecule has 1 aliphatic carbocycles. The highest BCUT2D eigenvalue weighted by atomic mass is 32.2. The third kappa shape index (κ3) is 4.73. The second-order valence-electron chi connectivity index (χ2n) is 6.03. The number of thioether (sulfide) groups is 1. The summed E-state index contributed by atoms with van der Waals surface area (Å²) in [5.41, 5.74) is 0.873. The topological polar surface area (TPSA) is 50.4 Å². The van der Waals surface area contributed by atoms with Crippen LogP contribution in [0.4, 0.5) is 5.69 Å². The zero-order valence-electron chi connectivity index (χ0n) is 12.8. The lowest BCUT2D eigenvalue weighted by Crippen LogP contribution is -2.43. The van der Waals surface area contributed by atoms with Crippen molar-refractivity contribution in [3.63, 3.8) is 0 Å². The quantitative estimate of drug-likeness (QED) is 0.875. The molecule has 1 saturated carbocycles. The van der Waals surface area contributed by atoms with Gasteiger partial charge in [0.25, 0.3) is 0 Å². The van der Waals surface area contributed by atoms with Gasteiger partial charge < -0.3 is 15.4 Å². The van der Waals surface area contributed by atoms with Gasteiger partial charge in [0.1, 0.15) is 0 Å². The van der Waals surface area contributed by atoms with Crippen LogP contribution in [0.2, 0.25) is 0 Å². The van der Waals surface area contributed by atoms with Crippen LogP contribution in [0.15, 0.2) is 29.2 Å². The molecule has 1 aromatic rings. The molecule has 5 heteroatoms. The van der Waals surface area contributed by atoms with Gasteiger partial charge in [-0.25, -0.2) is 0 Å². The van der Waals surface area contributed by atoms with E-state index in [4.69, 9.17) is 4.74 Å². The number of carbonyl (C=O) groups is 1. The van der Waals surface area contributed by atoms with Crippen LogP contribution in [0.5, 0.6) is 0 Å². The SMILES string of the molecule is O=C(CC1COCCN1)Nc1ccc(SC2CCCC2)cc1. The van der Waals surface area contributed by atoms with Crippen LogP contribution in [0, 0.1) is 0 Å². The Kier molecular flexibility index (Phi) is 5.76. The van der Waals surface area contributed by atoms with Crippen LogP contribution in [-0.2, 0) is 9.53 Å². The minimum absolute atomic E-state index is 0.0409. The van der Waals surface area contributed by atoms with Crippen LogP contribution in [0.3, 0.4) is 0 Å². The summed E-state index contributed by atoms with van der Waals surface area (Å²) >= 11 is 1.97. The lowest BCUT2D eigenvalue weighted by Gasteiger charge is -2.23. The number of morpholine rings is 1. The van der Waals surface area contributed by atoms with Crippen molar-refractivity contribution in [2.75, 3.05) is 25.1 Å². The number of benzene rings is 1. The van der Waals surface area contributed by atoms with E-state index in [1.807, 2.05) is 23.9 Å². The van der Waals surface area contributed by atoms with Gasteiger partial charge >= 0.3 is 0 Å². The Morgan fingerprint density at radius 1 is 1.27 bits per heavy atom. The average Bonchev–Trinajstić information content (AvgIpc) is 3.03. The highest BCUT2D eigenvalue weighted by molar-refractivity contribution is 8.00. The van der Waals surface area contributed by atoms with Gasteiger partial charge in [0, 0.05) is 34.8 Å². The summed E-state index contributed by atoms with van der Waals surface area (Å²) in [6.45, 7) is 2.17. The lowest BCUT2D eigenvalue weighted by molar-refractivity contribution is -0.117. The Labute approximate surface area is 136 Å². The monoisotopic (exact) mass is 320 g/mol. The first kappa shape index (κ1) is 15.8. The van der Waals surface area contributed by atoms with Crippen LogP contribution in [0.25, 0.3) is 0 Å². The van der Waals surface area contributed by atoms with Crippen LogP contribution in [0.1, 0.15) is 32.1 Å². The van der Waals surface area contributed by atoms with Crippen molar-refractivity contribution in [2.45, 2.75) is 48.3 Å². The summed E-state index contributed by atoms with van der Waals surface area (Å²) in [6.07, 6.45) is 5.85. The molecule has 3 rings (SSSR count). The Balaban J connectivity index is 1.46. The summed E-state index contributed by atoms with van der Waals surface area (Å²) in [7, 11) is 0. The normalized spacial score (nSPS) is 22.6. The maximum atomic E-state index is 12.0. The molecule has 0 aromatic heterocycles. The van der Waals surface area contributed by atoms with E-state index in [0.717, 1.165) is 24.1 Å². The van der Waals surface area contributed by atoms with E-state index in [1.54, 1.807) is 0 Å². The molecule has 0 bridgehead atoms. The molecule has 120 valence electrons. The zero-order chi connectivity index (χ0) is 15.2. The zero-order valence-corrected chi connectivity index (χ0v) is 13.7. The molecule has 1 saturated heterocycles. The summed E-state index contributed by atoms with van der Waals surface area (Å²) in [5.74, 6) is 0.0409. The number of amides is 1. The van der Waals surface area contributed by atoms with Crippen molar-refractivity contribution in [3.8, 4) is 0 Å². The first-order chi connectivity index (χ1) is 10.8. The van der Waals surface area contributed by atoms with E-state index < -0.39 is 0 Å². The van der Waals surface area contributed by atoms with Gasteiger partial charge in [-0.2, -0.15) is 0 Å². The van der Waals surface area contributed by atoms with Gasteiger partial charge in [-0.15, -0.1) is 11.8 Å². The van der Waals surface area contributed by atoms with E-state index >= 15 is 0 Å². The van der Waals surface area contributed by atoms with Crippen molar-refractivity contribution in [3.05, 3.63) is 24.3 Å². The van der Waals surface area contributed by atoms with E-state index in [0.29, 0.717) is 13.0 Å². The van der Waals surface area contributed by atoms with Crippen molar-refractivity contribution in [1.82, 2.24) is 5.32 Å². The predicted molar refractivity (Wildman–Crippen MR) is 90.4 cm³/mol. The molecule has 1 amide bonds. The molecule has 1 unspecified atom stereocenters. The first-order valence-corrected chi connectivity index (χ1v) is 9.05. The molecule has 0 radical (unpaired) electrons. The Morgan fingerprint density at radius 3 is 2.73 bits per heavy atom. The number of carbonyl (C=O) groups excluding carboxylic acids is 1. The van der Waals surface area contributed by atoms with Crippen LogP contribution in [-0.4, -0.2) is 37.0 Å². The molecule has 2 N–H and O–H groups in total. The molecule has 2 aliphatic rings. The number of rotatable bonds is 5. The molecule has 2 fully saturated rings. The highest BCUT2D eigenvalue weighted by Gasteiger charge is 2.17. The fourth-order valence-electron chi connectivity index (χ4n) is 3.00. The third-order valence-electron chi connectivity index (χ3n) is 4.17. The standard InChI is InChI=1S/C17H24N2O2S/c20-17(11-14-12-21-10-9-18-14)19-13-5-7-16(8-6-13)22-15-3-1-2-4-15/h5-8,14-15,18H,1-4,9-12H2,(H,19,20). The summed E-state index contributed by atoms with van der Waals surface area (Å²) in [5, 5.41) is 7.04. The fourth-order valence-corrected chi connectivity index (χ4v) is 4.25. The second-order valence-corrected chi connectivity index (χ2v) is 7.40. The second kappa shape index (κ2) is 7.99. The molecule has 1 aromatic carbocycles. The van der Waals surface area contributed by atoms with Crippen molar-refractivity contribution < 1.29 is 9.53 Å². The number of nitrogens with one attached hydrogen (secondary N) is 2. The molecule has 1 aliphatic heterocycles. The minimum atomic E-state index is 0.0409. The van der Waals surface area contributed by atoms with E-state index in [-0.39, 0.29) is 11.9 Å². The predicted octanol–water partition coefficient (Wildman–Crippen LogP) is 3.04. The van der Waals surface area contributed by atoms with Gasteiger partial charge in [-0.3, -0.25) is 4.79 Å². The van der Waals surface area contributed by atoms with E-state index in [1.165, 1.54) is 30.6 Å². The van der Waals surface area contributed by atoms with E-state index in [9.17, 15) is 4.79 Å². The molecule has 1 heterocycles. The Morgan fingerprint density at radius 2 is 2.05 bits per heavy atom. The van der Waals surface area contributed by atoms with Crippen molar-refractivity contribution >= 4 is 23.4 Å². The minimum Gasteiger partial charge on any atom is -0.378 e. The maximum Gasteiger partial charge on any atom is 0.226 e. The number of hydrogen-bond donors (Lipinski definition) is 2. The molecular formula is C17H24N2O2S. The molecule has 22 heavy (non-hydrogen) atoms. The van der Waals surface area contributed by atoms with Gasteiger partial charge in [0.15, 0.2) is 0 Å². The van der Waals surface area contributed by atoms with Crippen LogP contribution >= 0.6 is 11.8 Å². The Bertz CT molecular complexity index is 480.